The van der Waals surface area contributed by atoms with Crippen LogP contribution in [0.3, 0.4) is 0 Å². The van der Waals surface area contributed by atoms with Crippen LogP contribution in [0.4, 0.5) is 4.39 Å². The lowest BCUT2D eigenvalue weighted by atomic mass is 10.2. The molecule has 6 heteroatoms. The van der Waals surface area contributed by atoms with Crippen LogP contribution in [0.25, 0.3) is 0 Å². The number of ether oxygens (including phenoxy) is 1. The highest BCUT2D eigenvalue weighted by molar-refractivity contribution is 9.10. The lowest BCUT2D eigenvalue weighted by molar-refractivity contribution is 0.00865. The fourth-order valence-electron chi connectivity index (χ4n) is 0.970. The van der Waals surface area contributed by atoms with E-state index in [-0.39, 0.29) is 12.2 Å². The van der Waals surface area contributed by atoms with Gasteiger partial charge < -0.3 is 4.74 Å². The molecule has 0 saturated carbocycles. The van der Waals surface area contributed by atoms with Crippen LogP contribution >= 0.6 is 15.9 Å². The second kappa shape index (κ2) is 6.57. The Kier molecular flexibility index (Phi) is 5.37. The number of carbonyl (C=O) groups is 1. The number of halogens is 2. The second-order valence-electron chi connectivity index (χ2n) is 2.90. The van der Waals surface area contributed by atoms with E-state index in [9.17, 15) is 9.18 Å². The van der Waals surface area contributed by atoms with E-state index < -0.39 is 11.7 Å². The Labute approximate surface area is 101 Å². The molecule has 0 radical (unpaired) electrons. The molecule has 4 nitrogen and oxygen atoms in total. The standard InChI is InChI=1S/C10H11BrFNO3/c1-15-4-5-16-13-10(14)8-3-2-7(11)6-9(8)12/h2-3,6H,4-5H2,1H3,(H,13,14). The quantitative estimate of drug-likeness (QED) is 0.666. The number of hydrogen-bond donors (Lipinski definition) is 1. The summed E-state index contributed by atoms with van der Waals surface area (Å²) in [7, 11) is 1.51. The molecule has 0 aliphatic heterocycles. The molecule has 16 heavy (non-hydrogen) atoms. The van der Waals surface area contributed by atoms with Gasteiger partial charge in [-0.3, -0.25) is 9.63 Å². The van der Waals surface area contributed by atoms with Gasteiger partial charge in [0.1, 0.15) is 5.82 Å². The monoisotopic (exact) mass is 291 g/mol. The van der Waals surface area contributed by atoms with Crippen LogP contribution in [0.15, 0.2) is 22.7 Å². The van der Waals surface area contributed by atoms with Gasteiger partial charge in [-0.2, -0.15) is 0 Å². The molecule has 1 amide bonds. The summed E-state index contributed by atoms with van der Waals surface area (Å²) in [6.45, 7) is 0.559. The summed E-state index contributed by atoms with van der Waals surface area (Å²) in [6, 6.07) is 4.16. The number of hydrogen-bond acceptors (Lipinski definition) is 3. The van der Waals surface area contributed by atoms with E-state index in [1.54, 1.807) is 6.07 Å². The first-order valence-electron chi connectivity index (χ1n) is 4.51. The summed E-state index contributed by atoms with van der Waals surface area (Å²) >= 11 is 3.10. The van der Waals surface area contributed by atoms with Gasteiger partial charge in [-0.1, -0.05) is 15.9 Å². The van der Waals surface area contributed by atoms with Gasteiger partial charge in [-0.15, -0.1) is 0 Å². The number of carbonyl (C=O) groups excluding carboxylic acids is 1. The molecule has 0 saturated heterocycles. The predicted molar refractivity (Wildman–Crippen MR) is 59.4 cm³/mol. The van der Waals surface area contributed by atoms with Crippen molar-refractivity contribution in [1.29, 1.82) is 0 Å². The number of amides is 1. The van der Waals surface area contributed by atoms with Crippen LogP contribution in [0.5, 0.6) is 0 Å². The summed E-state index contributed by atoms with van der Waals surface area (Å²) in [5.41, 5.74) is 2.05. The molecule has 1 aromatic rings. The van der Waals surface area contributed by atoms with Crippen molar-refractivity contribution in [2.75, 3.05) is 20.3 Å². The minimum atomic E-state index is -0.624. The molecule has 1 rings (SSSR count). The SMILES string of the molecule is COCCONC(=O)c1ccc(Br)cc1F. The van der Waals surface area contributed by atoms with Gasteiger partial charge in [0.15, 0.2) is 0 Å². The van der Waals surface area contributed by atoms with E-state index in [0.29, 0.717) is 11.1 Å². The molecule has 0 atom stereocenters. The molecule has 88 valence electrons. The number of rotatable bonds is 5. The van der Waals surface area contributed by atoms with Gasteiger partial charge >= 0.3 is 0 Å². The van der Waals surface area contributed by atoms with Crippen molar-refractivity contribution < 1.29 is 18.8 Å². The number of nitrogens with one attached hydrogen (secondary N) is 1. The number of hydroxylamine groups is 1. The van der Waals surface area contributed by atoms with Crippen LogP contribution in [-0.4, -0.2) is 26.2 Å². The first-order chi connectivity index (χ1) is 7.65. The van der Waals surface area contributed by atoms with Crippen LogP contribution in [0.2, 0.25) is 0 Å². The third-order valence-corrected chi connectivity index (χ3v) is 2.22. The molecule has 0 aromatic heterocycles. The van der Waals surface area contributed by atoms with E-state index in [2.05, 4.69) is 21.4 Å². The van der Waals surface area contributed by atoms with Crippen LogP contribution < -0.4 is 5.48 Å². The Morgan fingerprint density at radius 2 is 2.25 bits per heavy atom. The zero-order valence-corrected chi connectivity index (χ0v) is 10.2. The summed E-state index contributed by atoms with van der Waals surface area (Å²) in [5.74, 6) is -1.23. The maximum Gasteiger partial charge on any atom is 0.277 e. The van der Waals surface area contributed by atoms with Gasteiger partial charge in [-0.05, 0) is 18.2 Å². The molecule has 0 fully saturated rings. The van der Waals surface area contributed by atoms with Crippen molar-refractivity contribution in [3.05, 3.63) is 34.1 Å². The van der Waals surface area contributed by atoms with Gasteiger partial charge in [0.05, 0.1) is 18.8 Å². The van der Waals surface area contributed by atoms with Gasteiger partial charge in [0.2, 0.25) is 0 Å². The van der Waals surface area contributed by atoms with Crippen LogP contribution in [-0.2, 0) is 9.57 Å². The Morgan fingerprint density at radius 1 is 1.50 bits per heavy atom. The third kappa shape index (κ3) is 3.88. The Balaban J connectivity index is 2.53. The van der Waals surface area contributed by atoms with E-state index >= 15 is 0 Å². The molecule has 0 aliphatic carbocycles. The molecular formula is C10H11BrFNO3. The predicted octanol–water partition coefficient (Wildman–Crippen LogP) is 1.90. The Hall–Kier alpha value is -0.980. The van der Waals surface area contributed by atoms with Crippen molar-refractivity contribution >= 4 is 21.8 Å². The van der Waals surface area contributed by atoms with Crippen molar-refractivity contribution in [2.24, 2.45) is 0 Å². The Morgan fingerprint density at radius 3 is 2.88 bits per heavy atom. The lowest BCUT2D eigenvalue weighted by Gasteiger charge is -2.06. The van der Waals surface area contributed by atoms with Gasteiger partial charge in [0.25, 0.3) is 5.91 Å². The largest absolute Gasteiger partial charge is 0.382 e. The third-order valence-electron chi connectivity index (χ3n) is 1.73. The summed E-state index contributed by atoms with van der Waals surface area (Å²) in [4.78, 5) is 16.2. The van der Waals surface area contributed by atoms with Crippen LogP contribution in [0.1, 0.15) is 10.4 Å². The topological polar surface area (TPSA) is 47.6 Å². The highest BCUT2D eigenvalue weighted by atomic mass is 79.9. The maximum absolute atomic E-state index is 13.3. The molecule has 0 spiro atoms. The van der Waals surface area contributed by atoms with E-state index in [1.807, 2.05) is 0 Å². The second-order valence-corrected chi connectivity index (χ2v) is 3.81. The average Bonchev–Trinajstić information content (AvgIpc) is 2.24. The van der Waals surface area contributed by atoms with Crippen molar-refractivity contribution in [2.45, 2.75) is 0 Å². The minimum Gasteiger partial charge on any atom is -0.382 e. The van der Waals surface area contributed by atoms with Gasteiger partial charge in [-0.25, -0.2) is 9.87 Å². The summed E-state index contributed by atoms with van der Waals surface area (Å²) in [6.07, 6.45) is 0. The fraction of sp³-hybridized carbons (Fsp3) is 0.300. The highest BCUT2D eigenvalue weighted by Gasteiger charge is 2.11. The van der Waals surface area contributed by atoms with E-state index in [1.165, 1.54) is 19.2 Å². The summed E-state index contributed by atoms with van der Waals surface area (Å²) < 4.78 is 18.6. The zero-order chi connectivity index (χ0) is 12.0. The molecule has 0 heterocycles. The molecule has 0 aliphatic rings. The fourth-order valence-corrected chi connectivity index (χ4v) is 1.30. The van der Waals surface area contributed by atoms with E-state index in [4.69, 9.17) is 9.57 Å². The molecule has 0 unspecified atom stereocenters. The summed E-state index contributed by atoms with van der Waals surface area (Å²) in [5, 5.41) is 0. The molecule has 1 N–H and O–H groups in total. The van der Waals surface area contributed by atoms with Crippen molar-refractivity contribution in [1.82, 2.24) is 5.48 Å². The normalized spacial score (nSPS) is 10.2. The minimum absolute atomic E-state index is 0.0689. The number of benzene rings is 1. The first kappa shape index (κ1) is 13.1. The smallest absolute Gasteiger partial charge is 0.277 e. The first-order valence-corrected chi connectivity index (χ1v) is 5.30. The van der Waals surface area contributed by atoms with Crippen molar-refractivity contribution in [3.8, 4) is 0 Å². The zero-order valence-electron chi connectivity index (χ0n) is 8.63. The number of methoxy groups -OCH3 is 1. The highest BCUT2D eigenvalue weighted by Crippen LogP contribution is 2.14. The molecular weight excluding hydrogens is 281 g/mol. The lowest BCUT2D eigenvalue weighted by Crippen LogP contribution is -2.26. The van der Waals surface area contributed by atoms with Gasteiger partial charge in [0, 0.05) is 11.6 Å². The van der Waals surface area contributed by atoms with E-state index in [0.717, 1.165) is 0 Å². The average molecular weight is 292 g/mol. The van der Waals surface area contributed by atoms with Crippen molar-refractivity contribution in [3.63, 3.8) is 0 Å². The maximum atomic E-state index is 13.3. The Bertz CT molecular complexity index is 373. The molecule has 0 bridgehead atoms. The molecule has 1 aromatic carbocycles. The van der Waals surface area contributed by atoms with Crippen LogP contribution in [0, 0.1) is 5.82 Å².